The maximum atomic E-state index is 14.5. The van der Waals surface area contributed by atoms with Gasteiger partial charge in [0.15, 0.2) is 0 Å². The molecule has 6 atom stereocenters. The predicted molar refractivity (Wildman–Crippen MR) is 146 cm³/mol. The number of ether oxygens (including phenoxy) is 1. The molecule has 38 heavy (non-hydrogen) atoms. The van der Waals surface area contributed by atoms with E-state index in [1.807, 2.05) is 61.6 Å². The van der Waals surface area contributed by atoms with Crippen molar-refractivity contribution in [2.75, 3.05) is 24.7 Å². The van der Waals surface area contributed by atoms with Crippen molar-refractivity contribution in [1.29, 1.82) is 0 Å². The van der Waals surface area contributed by atoms with Crippen molar-refractivity contribution in [3.63, 3.8) is 0 Å². The highest BCUT2D eigenvalue weighted by atomic mass is 35.5. The molecular formula is C29H27ClN2O5S. The zero-order valence-corrected chi connectivity index (χ0v) is 22.3. The smallest absolute Gasteiger partial charge is 0.311 e. The van der Waals surface area contributed by atoms with E-state index in [4.69, 9.17) is 16.3 Å². The summed E-state index contributed by atoms with van der Waals surface area (Å²) < 4.78 is 3.72. The Morgan fingerprint density at radius 3 is 2.47 bits per heavy atom. The summed E-state index contributed by atoms with van der Waals surface area (Å²) in [7, 11) is 0. The van der Waals surface area contributed by atoms with Gasteiger partial charge in [-0.2, -0.15) is 0 Å². The number of thioether (sulfide) groups is 1. The van der Waals surface area contributed by atoms with Gasteiger partial charge < -0.3 is 19.6 Å². The average Bonchev–Trinajstić information content (AvgIpc) is 3.17. The monoisotopic (exact) mass is 550 g/mol. The Bertz CT molecular complexity index is 1350. The van der Waals surface area contributed by atoms with E-state index in [0.29, 0.717) is 22.8 Å². The molecule has 4 aliphatic heterocycles. The van der Waals surface area contributed by atoms with Crippen LogP contribution in [0, 0.1) is 11.8 Å². The van der Waals surface area contributed by atoms with Gasteiger partial charge in [-0.1, -0.05) is 60.2 Å². The molecule has 9 heteroatoms. The maximum Gasteiger partial charge on any atom is 0.311 e. The van der Waals surface area contributed by atoms with E-state index in [1.165, 1.54) is 16.7 Å². The number of benzene rings is 2. The van der Waals surface area contributed by atoms with Gasteiger partial charge in [0.1, 0.15) is 12.6 Å². The number of aliphatic hydroxyl groups excluding tert-OH is 1. The molecule has 0 aliphatic carbocycles. The fourth-order valence-corrected chi connectivity index (χ4v) is 8.78. The van der Waals surface area contributed by atoms with Gasteiger partial charge in [0, 0.05) is 22.0 Å². The van der Waals surface area contributed by atoms with Crippen molar-refractivity contribution in [3.8, 4) is 0 Å². The second kappa shape index (κ2) is 9.29. The number of carbonyl (C=O) groups is 3. The molecular weight excluding hydrogens is 524 g/mol. The maximum absolute atomic E-state index is 14.5. The molecule has 2 fully saturated rings. The molecule has 0 saturated carbocycles. The lowest BCUT2D eigenvalue weighted by Gasteiger charge is -2.39. The van der Waals surface area contributed by atoms with Crippen LogP contribution in [0.5, 0.6) is 0 Å². The normalized spacial score (nSPS) is 32.8. The topological polar surface area (TPSA) is 87.1 Å². The van der Waals surface area contributed by atoms with Crippen LogP contribution in [-0.2, 0) is 19.1 Å². The third-order valence-corrected chi connectivity index (χ3v) is 10.1. The number of fused-ring (bicyclic) bond motifs is 2. The molecule has 1 N–H and O–H groups in total. The number of nitrogens with zero attached hydrogens (tertiary/aromatic N) is 2. The van der Waals surface area contributed by atoms with Crippen LogP contribution in [0.3, 0.4) is 0 Å². The number of esters is 1. The van der Waals surface area contributed by atoms with Crippen molar-refractivity contribution in [1.82, 2.24) is 4.90 Å². The minimum Gasteiger partial charge on any atom is -0.461 e. The third kappa shape index (κ3) is 3.65. The Hall–Kier alpha value is -3.07. The predicted octanol–water partition coefficient (Wildman–Crippen LogP) is 3.78. The molecule has 7 nitrogen and oxygen atoms in total. The first-order valence-electron chi connectivity index (χ1n) is 12.6. The highest BCUT2D eigenvalue weighted by Crippen LogP contribution is 2.66. The Balaban J connectivity index is 1.54. The molecule has 6 rings (SSSR count). The standard InChI is InChI=1S/C29H27ClN2O5S/c1-28-13-6-16-37-27(36)23(28)22-25(34)32(21(17-33)18-7-3-2-4-8-18)24-26(35)31(15-5-14-29(22,24)38-28)20-11-9-19(30)10-12-20/h2-14,21-24,33H,15-17H2,1H3/t21-,22+,23+,24?,28-,29+/m1/s1. The number of anilines is 1. The number of amides is 2. The highest BCUT2D eigenvalue weighted by molar-refractivity contribution is 8.02. The van der Waals surface area contributed by atoms with Crippen molar-refractivity contribution in [3.05, 3.63) is 89.5 Å². The molecule has 4 heterocycles. The Labute approximate surface area is 230 Å². The van der Waals surface area contributed by atoms with Crippen LogP contribution in [0.1, 0.15) is 18.5 Å². The van der Waals surface area contributed by atoms with Crippen molar-refractivity contribution in [2.24, 2.45) is 11.8 Å². The largest absolute Gasteiger partial charge is 0.461 e. The van der Waals surface area contributed by atoms with Crippen LogP contribution < -0.4 is 4.90 Å². The molecule has 0 radical (unpaired) electrons. The molecule has 2 aromatic carbocycles. The summed E-state index contributed by atoms with van der Waals surface area (Å²) in [5.74, 6) is -2.66. The zero-order valence-electron chi connectivity index (χ0n) is 20.7. The summed E-state index contributed by atoms with van der Waals surface area (Å²) in [5.41, 5.74) is 1.37. The Morgan fingerprint density at radius 1 is 1.03 bits per heavy atom. The fraction of sp³-hybridized carbons (Fsp3) is 0.345. The van der Waals surface area contributed by atoms with Crippen molar-refractivity contribution >= 4 is 46.8 Å². The summed E-state index contributed by atoms with van der Waals surface area (Å²) in [5, 5.41) is 11.1. The number of halogens is 1. The van der Waals surface area contributed by atoms with Crippen LogP contribution in [0.4, 0.5) is 5.69 Å². The number of rotatable bonds is 4. The van der Waals surface area contributed by atoms with Gasteiger partial charge in [0.2, 0.25) is 5.91 Å². The van der Waals surface area contributed by atoms with E-state index in [1.54, 1.807) is 29.2 Å². The summed E-state index contributed by atoms with van der Waals surface area (Å²) in [4.78, 5) is 45.5. The van der Waals surface area contributed by atoms with Gasteiger partial charge in [-0.05, 0) is 42.8 Å². The molecule has 2 saturated heterocycles. The van der Waals surface area contributed by atoms with Gasteiger partial charge in [-0.3, -0.25) is 14.4 Å². The first kappa shape index (κ1) is 25.2. The summed E-state index contributed by atoms with van der Waals surface area (Å²) in [6.07, 6.45) is 7.60. The molecule has 2 aromatic rings. The van der Waals surface area contributed by atoms with Gasteiger partial charge in [0.25, 0.3) is 5.91 Å². The molecule has 1 spiro atoms. The quantitative estimate of drug-likeness (QED) is 0.460. The summed E-state index contributed by atoms with van der Waals surface area (Å²) in [6.45, 7) is 2.01. The number of aliphatic hydroxyl groups is 1. The zero-order chi connectivity index (χ0) is 26.7. The molecule has 4 aliphatic rings. The van der Waals surface area contributed by atoms with Crippen LogP contribution in [-0.4, -0.2) is 63.1 Å². The Morgan fingerprint density at radius 2 is 1.76 bits per heavy atom. The first-order valence-corrected chi connectivity index (χ1v) is 13.8. The van der Waals surface area contributed by atoms with E-state index in [9.17, 15) is 19.5 Å². The minimum atomic E-state index is -1.03. The van der Waals surface area contributed by atoms with Gasteiger partial charge in [0.05, 0.1) is 29.2 Å². The molecule has 196 valence electrons. The number of hydrogen-bond acceptors (Lipinski definition) is 6. The first-order chi connectivity index (χ1) is 18.3. The molecule has 1 unspecified atom stereocenters. The SMILES string of the molecule is C[C@@]12C=CCOC(=O)[C@@H]1[C@H]1C(=O)N([C@H](CO)c3ccccc3)C3C(=O)N(c4ccc(Cl)cc4)CC=C[C@@]31S2. The second-order valence-electron chi connectivity index (χ2n) is 10.2. The number of likely N-dealkylation sites (tertiary alicyclic amines) is 1. The van der Waals surface area contributed by atoms with Crippen LogP contribution in [0.2, 0.25) is 5.02 Å². The Kier molecular flexibility index (Phi) is 6.17. The fourth-order valence-electron chi connectivity index (χ4n) is 6.51. The van der Waals surface area contributed by atoms with Crippen molar-refractivity contribution in [2.45, 2.75) is 28.5 Å². The summed E-state index contributed by atoms with van der Waals surface area (Å²) >= 11 is 7.59. The number of carbonyl (C=O) groups excluding carboxylic acids is 3. The molecule has 2 amide bonds. The van der Waals surface area contributed by atoms with E-state index < -0.39 is 39.4 Å². The van der Waals surface area contributed by atoms with E-state index in [0.717, 1.165) is 0 Å². The lowest BCUT2D eigenvalue weighted by Crippen LogP contribution is -2.54. The van der Waals surface area contributed by atoms with E-state index >= 15 is 0 Å². The average molecular weight is 551 g/mol. The third-order valence-electron chi connectivity index (χ3n) is 8.08. The minimum absolute atomic E-state index is 0.148. The number of cyclic esters (lactones) is 1. The number of hydrogen-bond donors (Lipinski definition) is 1. The van der Waals surface area contributed by atoms with Gasteiger partial charge in [-0.15, -0.1) is 11.8 Å². The highest BCUT2D eigenvalue weighted by Gasteiger charge is 2.74. The lowest BCUT2D eigenvalue weighted by molar-refractivity contribution is -0.153. The van der Waals surface area contributed by atoms with E-state index in [2.05, 4.69) is 0 Å². The van der Waals surface area contributed by atoms with Gasteiger partial charge in [-0.25, -0.2) is 0 Å². The van der Waals surface area contributed by atoms with Gasteiger partial charge >= 0.3 is 5.97 Å². The lowest BCUT2D eigenvalue weighted by atomic mass is 9.75. The summed E-state index contributed by atoms with van der Waals surface area (Å²) in [6, 6.07) is 14.5. The van der Waals surface area contributed by atoms with E-state index in [-0.39, 0.29) is 25.0 Å². The molecule has 0 aromatic heterocycles. The second-order valence-corrected chi connectivity index (χ2v) is 12.4. The van der Waals surface area contributed by atoms with Crippen molar-refractivity contribution < 1.29 is 24.2 Å². The van der Waals surface area contributed by atoms with Crippen LogP contribution >= 0.6 is 23.4 Å². The molecule has 0 bridgehead atoms. The van der Waals surface area contributed by atoms with Crippen LogP contribution in [0.15, 0.2) is 78.9 Å². The van der Waals surface area contributed by atoms with Crippen LogP contribution in [0.25, 0.3) is 0 Å².